The second-order valence-electron chi connectivity index (χ2n) is 9.76. The minimum atomic E-state index is -2.86. The lowest BCUT2D eigenvalue weighted by Gasteiger charge is -2.39. The lowest BCUT2D eigenvalue weighted by Crippen LogP contribution is -2.51. The zero-order valence-corrected chi connectivity index (χ0v) is 20.9. The normalized spacial score (nSPS) is 18.0. The summed E-state index contributed by atoms with van der Waals surface area (Å²) < 4.78 is 30.4. The van der Waals surface area contributed by atoms with Gasteiger partial charge in [-0.15, -0.1) is 10.2 Å². The number of carbonyl (C=O) groups is 2. The van der Waals surface area contributed by atoms with E-state index in [9.17, 15) is 18.4 Å². The zero-order chi connectivity index (χ0) is 26.3. The van der Waals surface area contributed by atoms with Crippen LogP contribution in [-0.4, -0.2) is 69.5 Å². The number of benzene rings is 1. The average Bonchev–Trinajstić information content (AvgIpc) is 3.41. The molecular formula is C26H28F2N6O3. The minimum absolute atomic E-state index is 0.0202. The molecule has 2 aromatic heterocycles. The molecular weight excluding hydrogens is 482 g/mol. The Morgan fingerprint density at radius 2 is 1.81 bits per heavy atom. The number of anilines is 1. The fraction of sp³-hybridized carbons (Fsp3) is 0.423. The monoisotopic (exact) mass is 510 g/mol. The number of nitrogens with zero attached hydrogens (tertiary/aromatic N) is 6. The highest BCUT2D eigenvalue weighted by Gasteiger charge is 2.44. The molecule has 0 saturated carbocycles. The SMILES string of the molecule is CCN1CCN(c2ccc3c(c2)C(C)(C)C(=O)N(Cc2ccc(-c4nnc(C(F)F)o4)cn2)C3=O)CC1. The molecule has 1 fully saturated rings. The molecule has 2 aliphatic heterocycles. The smallest absolute Gasteiger partial charge is 0.314 e. The number of halogens is 2. The van der Waals surface area contributed by atoms with Crippen LogP contribution in [0.2, 0.25) is 0 Å². The van der Waals surface area contributed by atoms with Crippen molar-refractivity contribution >= 4 is 17.5 Å². The number of rotatable bonds is 6. The average molecular weight is 511 g/mol. The first-order valence-electron chi connectivity index (χ1n) is 12.2. The number of fused-ring (bicyclic) bond motifs is 1. The van der Waals surface area contributed by atoms with E-state index in [4.69, 9.17) is 4.42 Å². The molecule has 4 heterocycles. The van der Waals surface area contributed by atoms with Crippen LogP contribution in [0.3, 0.4) is 0 Å². The topological polar surface area (TPSA) is 95.7 Å². The van der Waals surface area contributed by atoms with Gasteiger partial charge in [0.15, 0.2) is 0 Å². The summed E-state index contributed by atoms with van der Waals surface area (Å²) in [4.78, 5) is 37.1. The number of likely N-dealkylation sites (N-methyl/N-ethyl adjacent to an activating group) is 1. The number of aromatic nitrogens is 3. The lowest BCUT2D eigenvalue weighted by molar-refractivity contribution is -0.134. The third-order valence-electron chi connectivity index (χ3n) is 7.14. The summed E-state index contributed by atoms with van der Waals surface area (Å²) in [6, 6.07) is 8.92. The van der Waals surface area contributed by atoms with Gasteiger partial charge in [0.2, 0.25) is 11.8 Å². The third kappa shape index (κ3) is 4.59. The summed E-state index contributed by atoms with van der Waals surface area (Å²) in [6.45, 7) is 10.6. The third-order valence-corrected chi connectivity index (χ3v) is 7.14. The number of amides is 2. The predicted octanol–water partition coefficient (Wildman–Crippen LogP) is 3.67. The number of carbonyl (C=O) groups excluding carboxylic acids is 2. The van der Waals surface area contributed by atoms with Crippen molar-refractivity contribution in [2.75, 3.05) is 37.6 Å². The van der Waals surface area contributed by atoms with Gasteiger partial charge in [-0.1, -0.05) is 6.92 Å². The Bertz CT molecular complexity index is 1320. The van der Waals surface area contributed by atoms with Gasteiger partial charge in [0.25, 0.3) is 11.8 Å². The van der Waals surface area contributed by atoms with Gasteiger partial charge in [0.1, 0.15) is 0 Å². The van der Waals surface area contributed by atoms with Crippen LogP contribution in [0.15, 0.2) is 40.9 Å². The Morgan fingerprint density at radius 3 is 2.43 bits per heavy atom. The lowest BCUT2D eigenvalue weighted by atomic mass is 9.77. The summed E-state index contributed by atoms with van der Waals surface area (Å²) in [5, 5.41) is 6.92. The Morgan fingerprint density at radius 1 is 1.05 bits per heavy atom. The van der Waals surface area contributed by atoms with Gasteiger partial charge in [0, 0.05) is 43.6 Å². The van der Waals surface area contributed by atoms with Crippen molar-refractivity contribution in [1.29, 1.82) is 0 Å². The highest BCUT2D eigenvalue weighted by Crippen LogP contribution is 2.37. The summed E-state index contributed by atoms with van der Waals surface area (Å²) in [7, 11) is 0. The van der Waals surface area contributed by atoms with Crippen LogP contribution < -0.4 is 4.90 Å². The maximum absolute atomic E-state index is 13.5. The van der Waals surface area contributed by atoms with E-state index < -0.39 is 17.7 Å². The molecule has 1 saturated heterocycles. The maximum atomic E-state index is 13.5. The molecule has 3 aromatic rings. The highest BCUT2D eigenvalue weighted by atomic mass is 19.3. The van der Waals surface area contributed by atoms with Gasteiger partial charge in [-0.05, 0) is 56.3 Å². The molecule has 0 N–H and O–H groups in total. The van der Waals surface area contributed by atoms with E-state index in [-0.39, 0.29) is 24.2 Å². The second kappa shape index (κ2) is 9.62. The van der Waals surface area contributed by atoms with E-state index in [0.29, 0.717) is 16.8 Å². The second-order valence-corrected chi connectivity index (χ2v) is 9.76. The predicted molar refractivity (Wildman–Crippen MR) is 131 cm³/mol. The Hall–Kier alpha value is -3.73. The largest absolute Gasteiger partial charge is 0.415 e. The van der Waals surface area contributed by atoms with Crippen LogP contribution in [0.25, 0.3) is 11.5 Å². The quantitative estimate of drug-likeness (QED) is 0.464. The van der Waals surface area contributed by atoms with Crippen molar-refractivity contribution < 1.29 is 22.8 Å². The standard InChI is InChI=1S/C26H28F2N6O3/c1-4-32-9-11-33(12-10-32)18-7-8-19-20(13-18)26(2,3)25(36)34(24(19)35)15-17-6-5-16(14-29-17)22-30-31-23(37-22)21(27)28/h5-8,13-14,21H,4,9-12,15H2,1-3H3. The van der Waals surface area contributed by atoms with Gasteiger partial charge in [0.05, 0.1) is 23.2 Å². The molecule has 0 bridgehead atoms. The van der Waals surface area contributed by atoms with Crippen molar-refractivity contribution in [3.63, 3.8) is 0 Å². The van der Waals surface area contributed by atoms with E-state index in [1.54, 1.807) is 12.1 Å². The Kier molecular flexibility index (Phi) is 6.49. The molecule has 0 spiro atoms. The molecule has 11 heteroatoms. The number of alkyl halides is 2. The summed E-state index contributed by atoms with van der Waals surface area (Å²) in [6.07, 6.45) is -1.47. The molecule has 5 rings (SSSR count). The summed E-state index contributed by atoms with van der Waals surface area (Å²) in [5.74, 6) is -1.52. The number of imide groups is 1. The van der Waals surface area contributed by atoms with Gasteiger partial charge in [-0.25, -0.2) is 0 Å². The van der Waals surface area contributed by atoms with Crippen molar-refractivity contribution in [3.05, 3.63) is 59.2 Å². The van der Waals surface area contributed by atoms with Crippen LogP contribution in [0.5, 0.6) is 0 Å². The fourth-order valence-corrected chi connectivity index (χ4v) is 4.83. The van der Waals surface area contributed by atoms with E-state index in [2.05, 4.69) is 31.9 Å². The number of piperazine rings is 1. The number of pyridine rings is 1. The van der Waals surface area contributed by atoms with Gasteiger partial charge < -0.3 is 14.2 Å². The molecule has 0 unspecified atom stereocenters. The first-order valence-corrected chi connectivity index (χ1v) is 12.2. The molecule has 1 aromatic carbocycles. The van der Waals surface area contributed by atoms with E-state index in [0.717, 1.165) is 44.0 Å². The highest BCUT2D eigenvalue weighted by molar-refractivity contribution is 6.13. The summed E-state index contributed by atoms with van der Waals surface area (Å²) >= 11 is 0. The first kappa shape index (κ1) is 24.9. The van der Waals surface area contributed by atoms with E-state index in [1.807, 2.05) is 32.0 Å². The van der Waals surface area contributed by atoms with Gasteiger partial charge in [-0.2, -0.15) is 8.78 Å². The van der Waals surface area contributed by atoms with Crippen molar-refractivity contribution in [3.8, 4) is 11.5 Å². The molecule has 0 radical (unpaired) electrons. The molecule has 37 heavy (non-hydrogen) atoms. The molecule has 2 aliphatic rings. The van der Waals surface area contributed by atoms with Crippen LogP contribution >= 0.6 is 0 Å². The van der Waals surface area contributed by atoms with E-state index >= 15 is 0 Å². The molecule has 194 valence electrons. The summed E-state index contributed by atoms with van der Waals surface area (Å²) in [5.41, 5.74) is 2.16. The molecule has 2 amide bonds. The van der Waals surface area contributed by atoms with E-state index in [1.165, 1.54) is 11.1 Å². The van der Waals surface area contributed by atoms with Crippen molar-refractivity contribution in [2.45, 2.75) is 39.2 Å². The fourth-order valence-electron chi connectivity index (χ4n) is 4.83. The number of hydrogen-bond donors (Lipinski definition) is 0. The maximum Gasteiger partial charge on any atom is 0.314 e. The molecule has 0 atom stereocenters. The molecule has 9 nitrogen and oxygen atoms in total. The van der Waals surface area contributed by atoms with Gasteiger partial charge in [-0.3, -0.25) is 19.5 Å². The van der Waals surface area contributed by atoms with Gasteiger partial charge >= 0.3 is 6.43 Å². The van der Waals surface area contributed by atoms with Crippen LogP contribution in [0, 0.1) is 0 Å². The van der Waals surface area contributed by atoms with Crippen molar-refractivity contribution in [1.82, 2.24) is 25.0 Å². The first-order chi connectivity index (χ1) is 17.7. The zero-order valence-electron chi connectivity index (χ0n) is 20.9. The van der Waals surface area contributed by atoms with Crippen LogP contribution in [-0.2, 0) is 16.8 Å². The Balaban J connectivity index is 1.36. The van der Waals surface area contributed by atoms with Crippen molar-refractivity contribution in [2.24, 2.45) is 0 Å². The van der Waals surface area contributed by atoms with Crippen LogP contribution in [0.4, 0.5) is 14.5 Å². The number of hydrogen-bond acceptors (Lipinski definition) is 8. The molecule has 0 aliphatic carbocycles. The van der Waals surface area contributed by atoms with Crippen LogP contribution in [0.1, 0.15) is 54.7 Å². The minimum Gasteiger partial charge on any atom is -0.415 e. The Labute approximate surface area is 213 Å².